The van der Waals surface area contributed by atoms with Gasteiger partial charge in [0.2, 0.25) is 15.9 Å². The lowest BCUT2D eigenvalue weighted by Gasteiger charge is -2.24. The minimum Gasteiger partial charge on any atom is -0.344 e. The predicted octanol–water partition coefficient (Wildman–Crippen LogP) is 6.30. The molecule has 0 aliphatic heterocycles. The molecule has 298 valence electrons. The molecule has 3 atom stereocenters. The van der Waals surface area contributed by atoms with Gasteiger partial charge in [0.25, 0.3) is 17.9 Å². The zero-order valence-corrected chi connectivity index (χ0v) is 30.7. The van der Waals surface area contributed by atoms with Crippen LogP contribution >= 0.6 is 11.6 Å². The highest BCUT2D eigenvalue weighted by molar-refractivity contribution is 7.92. The number of nitrogens with zero attached hydrogens (tertiary/aromatic N) is 6. The molecule has 0 bridgehead atoms. The van der Waals surface area contributed by atoms with E-state index in [1.165, 1.54) is 19.2 Å². The number of aromatic nitrogens is 6. The van der Waals surface area contributed by atoms with E-state index < -0.39 is 116 Å². The number of anilines is 1. The summed E-state index contributed by atoms with van der Waals surface area (Å²) < 4.78 is 148. The molecular formula is C35H25ClF8N8O4S. The van der Waals surface area contributed by atoms with Crippen molar-refractivity contribution in [2.45, 2.75) is 43.7 Å². The lowest BCUT2D eigenvalue weighted by molar-refractivity contribution is -0.123. The lowest BCUT2D eigenvalue weighted by Crippen LogP contribution is -2.38. The van der Waals surface area contributed by atoms with Gasteiger partial charge in [-0.25, -0.2) is 39.7 Å². The van der Waals surface area contributed by atoms with Gasteiger partial charge in [-0.3, -0.25) is 28.2 Å². The fourth-order valence-corrected chi connectivity index (χ4v) is 8.35. The standard InChI is InChI=1S/C35H25ClF8N8O4S/c1-50-29-22(6-3-18(36)25(29)32(48-50)49-57(2,55)56)52-33(46-27-20(40)5-4-19(39)26(27)34(52)54)21(9-13-7-14(37)10-15(38)8-13)45-23(53)12-51-30-24(28(47-51)31(41)42)16-11-17(16)35(30,43)44/h3-8,10,16-17,21,31H,9,11-12H2,1-2H3,(H,45,53)(H,48,49)/t16-,17+,21-/m0/s1. The fraction of sp³-hybridized carbons (Fsp3) is 0.286. The molecule has 0 radical (unpaired) electrons. The van der Waals surface area contributed by atoms with Crippen LogP contribution in [0, 0.1) is 29.2 Å². The summed E-state index contributed by atoms with van der Waals surface area (Å²) >= 11 is 6.49. The summed E-state index contributed by atoms with van der Waals surface area (Å²) in [4.78, 5) is 32.6. The van der Waals surface area contributed by atoms with Crippen LogP contribution in [0.4, 0.5) is 40.9 Å². The molecule has 0 unspecified atom stereocenters. The molecule has 12 nitrogen and oxygen atoms in total. The van der Waals surface area contributed by atoms with Crippen molar-refractivity contribution < 1.29 is 48.3 Å². The summed E-state index contributed by atoms with van der Waals surface area (Å²) in [6, 6.07) is 4.27. The van der Waals surface area contributed by atoms with Crippen LogP contribution in [-0.4, -0.2) is 49.7 Å². The Labute approximate surface area is 320 Å². The average molecular weight is 841 g/mol. The van der Waals surface area contributed by atoms with E-state index in [0.29, 0.717) is 22.9 Å². The summed E-state index contributed by atoms with van der Waals surface area (Å²) in [5.41, 5.74) is -4.75. The van der Waals surface area contributed by atoms with Gasteiger partial charge in [-0.2, -0.15) is 19.0 Å². The Morgan fingerprint density at radius 1 is 1.02 bits per heavy atom. The molecule has 2 aliphatic rings. The zero-order valence-electron chi connectivity index (χ0n) is 29.1. The van der Waals surface area contributed by atoms with Crippen molar-refractivity contribution in [3.05, 3.63) is 109 Å². The molecule has 1 saturated carbocycles. The molecule has 3 aromatic carbocycles. The first-order chi connectivity index (χ1) is 26.7. The monoisotopic (exact) mass is 840 g/mol. The molecule has 3 heterocycles. The fourth-order valence-electron chi connectivity index (χ4n) is 7.61. The number of aryl methyl sites for hydroxylation is 1. The van der Waals surface area contributed by atoms with Crippen LogP contribution in [0.15, 0.2) is 47.3 Å². The summed E-state index contributed by atoms with van der Waals surface area (Å²) in [6.45, 7) is -1.09. The van der Waals surface area contributed by atoms with Gasteiger partial charge >= 0.3 is 0 Å². The van der Waals surface area contributed by atoms with E-state index in [2.05, 4.69) is 25.2 Å². The molecule has 57 heavy (non-hydrogen) atoms. The molecule has 1 fully saturated rings. The Bertz CT molecular complexity index is 2860. The second-order valence-electron chi connectivity index (χ2n) is 13.8. The van der Waals surface area contributed by atoms with E-state index in [0.717, 1.165) is 27.6 Å². The quantitative estimate of drug-likeness (QED) is 0.154. The Morgan fingerprint density at radius 3 is 2.37 bits per heavy atom. The summed E-state index contributed by atoms with van der Waals surface area (Å²) in [7, 11) is -2.64. The van der Waals surface area contributed by atoms with Gasteiger partial charge in [-0.1, -0.05) is 11.6 Å². The second kappa shape index (κ2) is 13.3. The van der Waals surface area contributed by atoms with E-state index in [1.807, 2.05) is 0 Å². The third-order valence-electron chi connectivity index (χ3n) is 9.86. The topological polar surface area (TPSA) is 146 Å². The molecule has 1 amide bonds. The summed E-state index contributed by atoms with van der Waals surface area (Å²) in [6.07, 6.45) is -3.11. The number of carbonyl (C=O) groups excluding carboxylic acids is 1. The molecule has 0 saturated heterocycles. The van der Waals surface area contributed by atoms with Crippen molar-refractivity contribution in [3.63, 3.8) is 0 Å². The maximum Gasteiger partial charge on any atom is 0.293 e. The smallest absolute Gasteiger partial charge is 0.293 e. The lowest BCUT2D eigenvalue weighted by atomic mass is 10.0. The number of alkyl halides is 4. The van der Waals surface area contributed by atoms with Crippen LogP contribution in [0.5, 0.6) is 0 Å². The largest absolute Gasteiger partial charge is 0.344 e. The van der Waals surface area contributed by atoms with Crippen molar-refractivity contribution >= 4 is 55.2 Å². The van der Waals surface area contributed by atoms with Gasteiger partial charge in [0.05, 0.1) is 33.9 Å². The molecular weight excluding hydrogens is 816 g/mol. The number of benzene rings is 3. The van der Waals surface area contributed by atoms with Crippen molar-refractivity contribution in [2.24, 2.45) is 13.0 Å². The highest BCUT2D eigenvalue weighted by Crippen LogP contribution is 2.68. The van der Waals surface area contributed by atoms with E-state index in [4.69, 9.17) is 11.6 Å². The van der Waals surface area contributed by atoms with E-state index in [-0.39, 0.29) is 45.0 Å². The van der Waals surface area contributed by atoms with Crippen molar-refractivity contribution in [1.29, 1.82) is 0 Å². The number of hydrogen-bond donors (Lipinski definition) is 2. The molecule has 2 N–H and O–H groups in total. The van der Waals surface area contributed by atoms with E-state index in [9.17, 15) is 35.6 Å². The normalized spacial score (nSPS) is 17.6. The Kier molecular flexibility index (Phi) is 8.91. The first-order valence-electron chi connectivity index (χ1n) is 16.8. The third kappa shape index (κ3) is 6.45. The number of sulfonamides is 1. The van der Waals surface area contributed by atoms with Gasteiger partial charge in [0.1, 0.15) is 57.9 Å². The van der Waals surface area contributed by atoms with E-state index in [1.54, 1.807) is 0 Å². The first kappa shape index (κ1) is 38.3. The van der Waals surface area contributed by atoms with Crippen molar-refractivity contribution in [2.75, 3.05) is 11.0 Å². The predicted molar refractivity (Wildman–Crippen MR) is 188 cm³/mol. The van der Waals surface area contributed by atoms with Gasteiger partial charge in [0.15, 0.2) is 5.82 Å². The molecule has 3 aromatic heterocycles. The van der Waals surface area contributed by atoms with Crippen LogP contribution in [-0.2, 0) is 40.8 Å². The molecule has 0 spiro atoms. The number of hydrogen-bond acceptors (Lipinski definition) is 7. The van der Waals surface area contributed by atoms with Crippen LogP contribution in [0.2, 0.25) is 5.02 Å². The average Bonchev–Trinajstić information content (AvgIpc) is 3.64. The minimum absolute atomic E-state index is 0.0490. The molecule has 6 aromatic rings. The second-order valence-corrected chi connectivity index (χ2v) is 15.9. The Morgan fingerprint density at radius 2 is 1.70 bits per heavy atom. The van der Waals surface area contributed by atoms with E-state index >= 15 is 17.6 Å². The van der Waals surface area contributed by atoms with Gasteiger partial charge < -0.3 is 5.32 Å². The molecule has 2 aliphatic carbocycles. The SMILES string of the molecule is Cn1nc(NS(C)(=O)=O)c2c(Cl)ccc(-n3c([C@H](Cc4cc(F)cc(F)c4)NC(=O)Cn4nc(C(F)F)c5c4C(F)(F)[C@@H]4C[C@H]54)nc4c(F)ccc(F)c4c3=O)c21. The zero-order chi connectivity index (χ0) is 41.0. The molecule has 8 rings (SSSR count). The van der Waals surface area contributed by atoms with Crippen LogP contribution < -0.4 is 15.6 Å². The highest BCUT2D eigenvalue weighted by Gasteiger charge is 2.67. The summed E-state index contributed by atoms with van der Waals surface area (Å²) in [5, 5.41) is 9.20. The van der Waals surface area contributed by atoms with Crippen LogP contribution in [0.1, 0.15) is 53.1 Å². The maximum atomic E-state index is 15.4. The van der Waals surface area contributed by atoms with Gasteiger partial charge in [-0.15, -0.1) is 0 Å². The highest BCUT2D eigenvalue weighted by atomic mass is 35.5. The van der Waals surface area contributed by atoms with Gasteiger partial charge in [-0.05, 0) is 54.3 Å². The Balaban J connectivity index is 1.34. The molecule has 22 heteroatoms. The number of carbonyl (C=O) groups is 1. The number of rotatable bonds is 10. The number of fused-ring (bicyclic) bond motifs is 5. The summed E-state index contributed by atoms with van der Waals surface area (Å²) in [5.74, 6) is -12.4. The Hall–Kier alpha value is -5.57. The third-order valence-corrected chi connectivity index (χ3v) is 10.7. The van der Waals surface area contributed by atoms with Crippen molar-refractivity contribution in [1.82, 2.24) is 34.4 Å². The van der Waals surface area contributed by atoms with Crippen molar-refractivity contribution in [3.8, 4) is 5.69 Å². The van der Waals surface area contributed by atoms with Crippen LogP contribution in [0.3, 0.4) is 0 Å². The number of halogens is 9. The minimum atomic E-state index is -3.98. The maximum absolute atomic E-state index is 15.4. The van der Waals surface area contributed by atoms with Crippen LogP contribution in [0.25, 0.3) is 27.5 Å². The van der Waals surface area contributed by atoms with Gasteiger partial charge in [0, 0.05) is 31.0 Å². The first-order valence-corrected chi connectivity index (χ1v) is 19.1. The number of amides is 1. The number of nitrogens with one attached hydrogen (secondary N) is 2.